The number of sulfonamides is 1. The van der Waals surface area contributed by atoms with Gasteiger partial charge in [0.15, 0.2) is 5.82 Å². The second-order valence-electron chi connectivity index (χ2n) is 5.17. The lowest BCUT2D eigenvalue weighted by atomic mass is 10.2. The smallest absolute Gasteiger partial charge is 0.263 e. The van der Waals surface area contributed by atoms with Crippen molar-refractivity contribution in [3.8, 4) is 0 Å². The molecule has 0 saturated carbocycles. The Hall–Kier alpha value is -2.64. The Morgan fingerprint density at radius 1 is 0.840 bits per heavy atom. The summed E-state index contributed by atoms with van der Waals surface area (Å²) in [5.41, 5.74) is 0.930. The van der Waals surface area contributed by atoms with Crippen LogP contribution in [0.15, 0.2) is 71.6 Å². The summed E-state index contributed by atoms with van der Waals surface area (Å²) in [6, 6.07) is 18.7. The van der Waals surface area contributed by atoms with E-state index < -0.39 is 10.0 Å². The molecule has 6 nitrogen and oxygen atoms in total. The Morgan fingerprint density at radius 3 is 2.16 bits per heavy atom. The Morgan fingerprint density at radius 2 is 1.48 bits per heavy atom. The van der Waals surface area contributed by atoms with Crippen molar-refractivity contribution in [3.05, 3.63) is 77.3 Å². The van der Waals surface area contributed by atoms with Crippen LogP contribution in [-0.2, 0) is 16.6 Å². The van der Waals surface area contributed by atoms with Gasteiger partial charge in [-0.1, -0.05) is 48.0 Å². The van der Waals surface area contributed by atoms with Crippen molar-refractivity contribution in [1.82, 2.24) is 10.2 Å². The van der Waals surface area contributed by atoms with E-state index in [9.17, 15) is 8.42 Å². The lowest BCUT2D eigenvalue weighted by Crippen LogP contribution is -2.14. The number of aromatic nitrogens is 2. The lowest BCUT2D eigenvalue weighted by Gasteiger charge is -2.09. The van der Waals surface area contributed by atoms with Crippen LogP contribution in [0.3, 0.4) is 0 Å². The van der Waals surface area contributed by atoms with Crippen molar-refractivity contribution in [2.75, 3.05) is 10.0 Å². The molecule has 0 fully saturated rings. The quantitative estimate of drug-likeness (QED) is 0.689. The first-order chi connectivity index (χ1) is 12.0. The van der Waals surface area contributed by atoms with Gasteiger partial charge in [-0.2, -0.15) is 0 Å². The molecule has 0 aliphatic heterocycles. The van der Waals surface area contributed by atoms with Crippen molar-refractivity contribution in [2.24, 2.45) is 0 Å². The maximum Gasteiger partial charge on any atom is 0.263 e. The van der Waals surface area contributed by atoms with Gasteiger partial charge in [-0.05, 0) is 35.9 Å². The average molecular weight is 375 g/mol. The molecule has 1 aromatic heterocycles. The van der Waals surface area contributed by atoms with E-state index in [1.54, 1.807) is 30.3 Å². The normalized spacial score (nSPS) is 11.1. The molecule has 1 heterocycles. The van der Waals surface area contributed by atoms with Crippen LogP contribution in [0.25, 0.3) is 0 Å². The first kappa shape index (κ1) is 17.2. The molecule has 3 aromatic rings. The Kier molecular flexibility index (Phi) is 5.16. The second kappa shape index (κ2) is 7.50. The minimum Gasteiger partial charge on any atom is -0.364 e. The third-order valence-corrected chi connectivity index (χ3v) is 5.11. The molecular weight excluding hydrogens is 360 g/mol. The molecule has 2 N–H and O–H groups in total. The number of nitrogens with zero attached hydrogens (tertiary/aromatic N) is 2. The number of rotatable bonds is 6. The van der Waals surface area contributed by atoms with Gasteiger partial charge in [0.1, 0.15) is 5.82 Å². The molecular formula is C17H15ClN4O2S. The highest BCUT2D eigenvalue weighted by Gasteiger charge is 2.14. The number of benzene rings is 2. The summed E-state index contributed by atoms with van der Waals surface area (Å²) >= 11 is 6.09. The van der Waals surface area contributed by atoms with Gasteiger partial charge >= 0.3 is 0 Å². The zero-order valence-corrected chi connectivity index (χ0v) is 14.6. The number of hydrogen-bond acceptors (Lipinski definition) is 5. The van der Waals surface area contributed by atoms with Crippen molar-refractivity contribution in [1.29, 1.82) is 0 Å². The van der Waals surface area contributed by atoms with Crippen LogP contribution in [0, 0.1) is 0 Å². The fourth-order valence-corrected chi connectivity index (χ4v) is 3.32. The van der Waals surface area contributed by atoms with Crippen LogP contribution < -0.4 is 10.0 Å². The van der Waals surface area contributed by atoms with Gasteiger partial charge in [-0.15, -0.1) is 10.2 Å². The van der Waals surface area contributed by atoms with Crippen LogP contribution >= 0.6 is 11.6 Å². The monoisotopic (exact) mass is 374 g/mol. The van der Waals surface area contributed by atoms with E-state index >= 15 is 0 Å². The van der Waals surface area contributed by atoms with Crippen LogP contribution in [0.4, 0.5) is 11.6 Å². The van der Waals surface area contributed by atoms with E-state index in [0.717, 1.165) is 5.56 Å². The average Bonchev–Trinajstić information content (AvgIpc) is 2.63. The minimum atomic E-state index is -3.68. The number of hydrogen-bond donors (Lipinski definition) is 2. The second-order valence-corrected chi connectivity index (χ2v) is 7.26. The number of nitrogens with one attached hydrogen (secondary N) is 2. The SMILES string of the molecule is O=S(=O)(Nc1ccc(NCc2ccccc2Cl)nn1)c1ccccc1. The minimum absolute atomic E-state index is 0.146. The van der Waals surface area contributed by atoms with E-state index in [2.05, 4.69) is 20.2 Å². The molecule has 0 radical (unpaired) electrons. The molecule has 0 aliphatic carbocycles. The molecule has 0 unspecified atom stereocenters. The molecule has 25 heavy (non-hydrogen) atoms. The van der Waals surface area contributed by atoms with Gasteiger partial charge in [0, 0.05) is 11.6 Å². The first-order valence-corrected chi connectivity index (χ1v) is 9.29. The predicted molar refractivity (Wildman–Crippen MR) is 98.1 cm³/mol. The molecule has 2 aromatic carbocycles. The molecule has 0 saturated heterocycles. The summed E-state index contributed by atoms with van der Waals surface area (Å²) in [5.74, 6) is 0.662. The van der Waals surface area contributed by atoms with Gasteiger partial charge in [0.25, 0.3) is 10.0 Å². The molecule has 0 aliphatic rings. The highest BCUT2D eigenvalue weighted by atomic mass is 35.5. The molecule has 0 bridgehead atoms. The van der Waals surface area contributed by atoms with Crippen LogP contribution in [0.5, 0.6) is 0 Å². The van der Waals surface area contributed by atoms with E-state index in [0.29, 0.717) is 17.4 Å². The lowest BCUT2D eigenvalue weighted by molar-refractivity contribution is 0.601. The van der Waals surface area contributed by atoms with Gasteiger partial charge < -0.3 is 5.32 Å². The topological polar surface area (TPSA) is 84.0 Å². The number of anilines is 2. The Bertz CT molecular complexity index is 948. The highest BCUT2D eigenvalue weighted by molar-refractivity contribution is 7.92. The van der Waals surface area contributed by atoms with Crippen molar-refractivity contribution in [2.45, 2.75) is 11.4 Å². The standard InChI is InChI=1S/C17H15ClN4O2S/c18-15-9-5-4-6-13(15)12-19-16-10-11-17(21-20-16)22-25(23,24)14-7-2-1-3-8-14/h1-11H,12H2,(H,19,20)(H,21,22). The van der Waals surface area contributed by atoms with Crippen molar-refractivity contribution >= 4 is 33.3 Å². The summed E-state index contributed by atoms with van der Waals surface area (Å²) in [6.45, 7) is 0.490. The van der Waals surface area contributed by atoms with Crippen LogP contribution in [-0.4, -0.2) is 18.6 Å². The summed E-state index contributed by atoms with van der Waals surface area (Å²) in [7, 11) is -3.68. The van der Waals surface area contributed by atoms with Crippen molar-refractivity contribution < 1.29 is 8.42 Å². The largest absolute Gasteiger partial charge is 0.364 e. The Balaban J connectivity index is 1.65. The zero-order chi connectivity index (χ0) is 17.7. The molecule has 0 atom stereocenters. The maximum atomic E-state index is 12.2. The van der Waals surface area contributed by atoms with Crippen LogP contribution in [0.2, 0.25) is 5.02 Å². The van der Waals surface area contributed by atoms with Gasteiger partial charge in [-0.3, -0.25) is 4.72 Å². The Labute approximate surface area is 150 Å². The van der Waals surface area contributed by atoms with Gasteiger partial charge in [0.05, 0.1) is 4.90 Å². The molecule has 0 amide bonds. The fraction of sp³-hybridized carbons (Fsp3) is 0.0588. The van der Waals surface area contributed by atoms with Gasteiger partial charge in [0.2, 0.25) is 0 Å². The summed E-state index contributed by atoms with van der Waals surface area (Å²) < 4.78 is 26.8. The van der Waals surface area contributed by atoms with E-state index in [4.69, 9.17) is 11.6 Å². The zero-order valence-electron chi connectivity index (χ0n) is 13.1. The summed E-state index contributed by atoms with van der Waals surface area (Å²) in [4.78, 5) is 0.165. The van der Waals surface area contributed by atoms with E-state index in [-0.39, 0.29) is 10.7 Å². The maximum absolute atomic E-state index is 12.2. The molecule has 3 rings (SSSR count). The fourth-order valence-electron chi connectivity index (χ4n) is 2.10. The van der Waals surface area contributed by atoms with Crippen molar-refractivity contribution in [3.63, 3.8) is 0 Å². The van der Waals surface area contributed by atoms with Crippen LogP contribution in [0.1, 0.15) is 5.56 Å². The van der Waals surface area contributed by atoms with E-state index in [1.807, 2.05) is 24.3 Å². The first-order valence-electron chi connectivity index (χ1n) is 7.43. The molecule has 8 heteroatoms. The van der Waals surface area contributed by atoms with Gasteiger partial charge in [-0.25, -0.2) is 8.42 Å². The molecule has 128 valence electrons. The number of halogens is 1. The summed E-state index contributed by atoms with van der Waals surface area (Å²) in [6.07, 6.45) is 0. The summed E-state index contributed by atoms with van der Waals surface area (Å²) in [5, 5.41) is 11.6. The van der Waals surface area contributed by atoms with E-state index in [1.165, 1.54) is 12.1 Å². The third-order valence-electron chi connectivity index (χ3n) is 3.37. The molecule has 0 spiro atoms. The predicted octanol–water partition coefficient (Wildman–Crippen LogP) is 3.54. The highest BCUT2D eigenvalue weighted by Crippen LogP contribution is 2.17. The third kappa shape index (κ3) is 4.46.